The number of allylic oxidation sites excluding steroid dienone is 5. The Morgan fingerprint density at radius 3 is 2.71 bits per heavy atom. The number of hydrogen-bond donors (Lipinski definition) is 2. The fourth-order valence-corrected chi connectivity index (χ4v) is 4.21. The van der Waals surface area contributed by atoms with Gasteiger partial charge in [0.15, 0.2) is 5.78 Å². The Labute approximate surface area is 225 Å². The second-order valence-corrected chi connectivity index (χ2v) is 9.94. The van der Waals surface area contributed by atoms with E-state index in [2.05, 4.69) is 29.1 Å². The van der Waals surface area contributed by atoms with Gasteiger partial charge >= 0.3 is 11.7 Å². The Morgan fingerprint density at radius 2 is 2.05 bits per heavy atom. The Hall–Kier alpha value is -3.39. The topological polar surface area (TPSA) is 115 Å². The van der Waals surface area contributed by atoms with Crippen LogP contribution in [-0.4, -0.2) is 35.8 Å². The van der Waals surface area contributed by atoms with E-state index in [1.807, 2.05) is 32.9 Å². The van der Waals surface area contributed by atoms with E-state index < -0.39 is 29.0 Å². The molecule has 1 aromatic rings. The van der Waals surface area contributed by atoms with Gasteiger partial charge in [-0.25, -0.2) is 9.59 Å². The van der Waals surface area contributed by atoms with E-state index >= 15 is 0 Å². The lowest BCUT2D eigenvalue weighted by molar-refractivity contribution is 0.0215. The predicted octanol–water partition coefficient (Wildman–Crippen LogP) is 6.32. The average Bonchev–Trinajstić information content (AvgIpc) is 3.28. The molecule has 1 saturated heterocycles. The van der Waals surface area contributed by atoms with Gasteiger partial charge in [0.1, 0.15) is 17.1 Å². The molecule has 0 radical (unpaired) electrons. The highest BCUT2D eigenvalue weighted by molar-refractivity contribution is 6.00. The molecule has 1 aliphatic rings. The standard InChI is InChI=1S/C30H41NO7/c1-7-8-9-12-20(2)24-15-17-30(5,38-24)16-14-22(4)27(33)26-23(32)19-25(37-28(26)34)21(3)13-10-11-18-31-29(35)36-6/h7-8,11-12,14,16,18-19,21-22,24,32H,9-10,13,15,17H2,1-6H3,(H,31,35)/b8-7+,16-14+,18-11+,20-12-/t21-,22-,24+,30+/m0/s1. The van der Waals surface area contributed by atoms with Crippen molar-refractivity contribution in [3.05, 3.63) is 76.0 Å². The highest BCUT2D eigenvalue weighted by Crippen LogP contribution is 2.35. The van der Waals surface area contributed by atoms with Crippen LogP contribution in [0, 0.1) is 5.92 Å². The summed E-state index contributed by atoms with van der Waals surface area (Å²) in [5.74, 6) is -1.45. The summed E-state index contributed by atoms with van der Waals surface area (Å²) in [5.41, 5.74) is -0.527. The lowest BCUT2D eigenvalue weighted by Crippen LogP contribution is -2.24. The van der Waals surface area contributed by atoms with Crippen LogP contribution in [0.15, 0.2) is 63.5 Å². The first-order chi connectivity index (χ1) is 18.0. The van der Waals surface area contributed by atoms with E-state index in [0.717, 1.165) is 19.3 Å². The third kappa shape index (κ3) is 8.87. The minimum atomic E-state index is -0.856. The molecule has 0 spiro atoms. The number of nitrogens with one attached hydrogen (secondary N) is 1. The van der Waals surface area contributed by atoms with Crippen LogP contribution in [0.5, 0.6) is 5.75 Å². The zero-order valence-corrected chi connectivity index (χ0v) is 23.3. The number of Topliss-reactive ketones (excluding diaryl/α,β-unsaturated/α-hetero) is 1. The van der Waals surface area contributed by atoms with Crippen molar-refractivity contribution in [2.75, 3.05) is 7.11 Å². The molecule has 2 rings (SSSR count). The summed E-state index contributed by atoms with van der Waals surface area (Å²) in [5, 5.41) is 13.0. The molecule has 1 amide bonds. The van der Waals surface area contributed by atoms with E-state index in [4.69, 9.17) is 9.15 Å². The first-order valence-corrected chi connectivity index (χ1v) is 13.1. The number of alkyl carbamates (subject to hydrolysis) is 1. The van der Waals surface area contributed by atoms with Crippen molar-refractivity contribution in [1.82, 2.24) is 5.32 Å². The largest absolute Gasteiger partial charge is 0.507 e. The van der Waals surface area contributed by atoms with Crippen LogP contribution in [0.25, 0.3) is 0 Å². The second-order valence-electron chi connectivity index (χ2n) is 9.94. The quantitative estimate of drug-likeness (QED) is 0.241. The maximum absolute atomic E-state index is 13.0. The molecular formula is C30H41NO7. The van der Waals surface area contributed by atoms with Crippen molar-refractivity contribution >= 4 is 11.9 Å². The second kappa shape index (κ2) is 14.5. The predicted molar refractivity (Wildman–Crippen MR) is 147 cm³/mol. The molecule has 8 nitrogen and oxygen atoms in total. The zero-order valence-electron chi connectivity index (χ0n) is 23.3. The highest BCUT2D eigenvalue weighted by atomic mass is 16.5. The van der Waals surface area contributed by atoms with Crippen LogP contribution in [-0.2, 0) is 9.47 Å². The summed E-state index contributed by atoms with van der Waals surface area (Å²) in [4.78, 5) is 36.7. The zero-order chi connectivity index (χ0) is 28.3. The summed E-state index contributed by atoms with van der Waals surface area (Å²) < 4.78 is 16.2. The van der Waals surface area contributed by atoms with E-state index in [9.17, 15) is 19.5 Å². The minimum absolute atomic E-state index is 0.0335. The maximum atomic E-state index is 13.0. The van der Waals surface area contributed by atoms with Crippen molar-refractivity contribution < 1.29 is 28.6 Å². The van der Waals surface area contributed by atoms with Crippen LogP contribution in [0.3, 0.4) is 0 Å². The summed E-state index contributed by atoms with van der Waals surface area (Å²) in [6.45, 7) is 9.58. The number of ether oxygens (including phenoxy) is 2. The van der Waals surface area contributed by atoms with E-state index in [1.54, 1.807) is 19.1 Å². The van der Waals surface area contributed by atoms with Crippen molar-refractivity contribution in [2.24, 2.45) is 5.92 Å². The first-order valence-electron chi connectivity index (χ1n) is 13.1. The van der Waals surface area contributed by atoms with Gasteiger partial charge in [0.2, 0.25) is 0 Å². The fraction of sp³-hybridized carbons (Fsp3) is 0.500. The van der Waals surface area contributed by atoms with E-state index in [-0.39, 0.29) is 29.1 Å². The van der Waals surface area contributed by atoms with Crippen LogP contribution in [0.1, 0.15) is 88.8 Å². The third-order valence-electron chi connectivity index (χ3n) is 6.74. The Kier molecular flexibility index (Phi) is 11.8. The Morgan fingerprint density at radius 1 is 1.32 bits per heavy atom. The molecule has 2 heterocycles. The molecule has 0 unspecified atom stereocenters. The number of amides is 1. The van der Waals surface area contributed by atoms with Crippen LogP contribution < -0.4 is 10.9 Å². The van der Waals surface area contributed by atoms with Gasteiger partial charge < -0.3 is 19.0 Å². The molecule has 4 atom stereocenters. The van der Waals surface area contributed by atoms with Crippen molar-refractivity contribution in [3.63, 3.8) is 0 Å². The summed E-state index contributed by atoms with van der Waals surface area (Å²) in [7, 11) is 1.28. The first kappa shape index (κ1) is 30.8. The van der Waals surface area contributed by atoms with Gasteiger partial charge in [-0.15, -0.1) is 0 Å². The molecular weight excluding hydrogens is 486 g/mol. The van der Waals surface area contributed by atoms with Gasteiger partial charge in [-0.1, -0.05) is 50.3 Å². The Balaban J connectivity index is 2.02. The monoisotopic (exact) mass is 527 g/mol. The lowest BCUT2D eigenvalue weighted by atomic mass is 9.94. The molecule has 8 heteroatoms. The van der Waals surface area contributed by atoms with Crippen molar-refractivity contribution in [1.29, 1.82) is 0 Å². The number of carbonyl (C=O) groups is 2. The number of ketones is 1. The molecule has 0 bridgehead atoms. The summed E-state index contributed by atoms with van der Waals surface area (Å²) >= 11 is 0. The van der Waals surface area contributed by atoms with Gasteiger partial charge in [-0.3, -0.25) is 10.1 Å². The highest BCUT2D eigenvalue weighted by Gasteiger charge is 2.35. The number of methoxy groups -OCH3 is 1. The van der Waals surface area contributed by atoms with Crippen molar-refractivity contribution in [2.45, 2.75) is 84.3 Å². The van der Waals surface area contributed by atoms with Crippen LogP contribution in [0.2, 0.25) is 0 Å². The average molecular weight is 528 g/mol. The van der Waals surface area contributed by atoms with E-state index in [0.29, 0.717) is 12.8 Å². The molecule has 38 heavy (non-hydrogen) atoms. The van der Waals surface area contributed by atoms with Crippen molar-refractivity contribution in [3.8, 4) is 5.75 Å². The van der Waals surface area contributed by atoms with Gasteiger partial charge in [0.05, 0.1) is 18.8 Å². The lowest BCUT2D eigenvalue weighted by Gasteiger charge is -2.22. The Bertz CT molecular complexity index is 1140. The molecule has 2 N–H and O–H groups in total. The number of rotatable bonds is 12. The molecule has 0 aliphatic carbocycles. The number of hydrogen-bond acceptors (Lipinski definition) is 7. The number of aromatic hydroxyl groups is 1. The molecule has 208 valence electrons. The SMILES string of the molecule is C/C=C/C/C=C(/C)[C@H]1CC[C@@](C)(/C=C/[C@H](C)C(=O)c2c(O)cc([C@@H](C)CC/C=C/NC(=O)OC)oc2=O)O1. The van der Waals surface area contributed by atoms with E-state index in [1.165, 1.54) is 24.9 Å². The molecule has 0 aromatic carbocycles. The molecule has 1 fully saturated rings. The van der Waals surface area contributed by atoms with Crippen LogP contribution >= 0.6 is 0 Å². The molecule has 0 saturated carbocycles. The fourth-order valence-electron chi connectivity index (χ4n) is 4.21. The minimum Gasteiger partial charge on any atom is -0.507 e. The number of carbonyl (C=O) groups excluding carboxylic acids is 2. The van der Waals surface area contributed by atoms with Gasteiger partial charge in [-0.05, 0) is 58.4 Å². The van der Waals surface area contributed by atoms with Gasteiger partial charge in [0.25, 0.3) is 0 Å². The third-order valence-corrected chi connectivity index (χ3v) is 6.74. The molecule has 1 aromatic heterocycles. The summed E-state index contributed by atoms with van der Waals surface area (Å²) in [6.07, 6.45) is 16.3. The van der Waals surface area contributed by atoms with Crippen LogP contribution in [0.4, 0.5) is 4.79 Å². The molecule has 1 aliphatic heterocycles. The summed E-state index contributed by atoms with van der Waals surface area (Å²) in [6, 6.07) is 1.33. The smallest absolute Gasteiger partial charge is 0.410 e. The van der Waals surface area contributed by atoms with Gasteiger partial charge in [0, 0.05) is 24.1 Å². The maximum Gasteiger partial charge on any atom is 0.410 e. The van der Waals surface area contributed by atoms with Gasteiger partial charge in [-0.2, -0.15) is 0 Å². The normalized spacial score (nSPS) is 21.8.